The number of ether oxygens (including phenoxy) is 4. The maximum absolute atomic E-state index is 11.9. The average molecular weight is 342 g/mol. The molecule has 2 fully saturated rings. The second-order valence-corrected chi connectivity index (χ2v) is 7.96. The second-order valence-electron chi connectivity index (χ2n) is 7.96. The van der Waals surface area contributed by atoms with E-state index in [9.17, 15) is 9.59 Å². The molecule has 6 heteroatoms. The Hall–Kier alpha value is -1.14. The lowest BCUT2D eigenvalue weighted by molar-refractivity contribution is -0.164. The minimum atomic E-state index is -0.531. The van der Waals surface area contributed by atoms with E-state index in [1.54, 1.807) is 0 Å². The Morgan fingerprint density at radius 1 is 0.833 bits per heavy atom. The summed E-state index contributed by atoms with van der Waals surface area (Å²) in [6.07, 6.45) is 4.02. The highest BCUT2D eigenvalue weighted by Crippen LogP contribution is 2.26. The van der Waals surface area contributed by atoms with Gasteiger partial charge in [-0.1, -0.05) is 0 Å². The van der Waals surface area contributed by atoms with Crippen molar-refractivity contribution in [1.29, 1.82) is 0 Å². The van der Waals surface area contributed by atoms with Crippen LogP contribution in [-0.2, 0) is 28.5 Å². The SMILES string of the molecule is CC(C)(CCC1CO1)OC(=O)CCC(=O)OC(C)(C)CCC1CO1. The van der Waals surface area contributed by atoms with Gasteiger partial charge in [0.05, 0.1) is 38.3 Å². The number of rotatable bonds is 11. The van der Waals surface area contributed by atoms with Crippen molar-refractivity contribution in [3.8, 4) is 0 Å². The summed E-state index contributed by atoms with van der Waals surface area (Å²) in [6.45, 7) is 9.14. The number of carbonyl (C=O) groups excluding carboxylic acids is 2. The van der Waals surface area contributed by atoms with E-state index >= 15 is 0 Å². The molecule has 2 aliphatic rings. The number of esters is 2. The fraction of sp³-hybridized carbons (Fsp3) is 0.889. The van der Waals surface area contributed by atoms with Gasteiger partial charge in [0.2, 0.25) is 0 Å². The van der Waals surface area contributed by atoms with Gasteiger partial charge in [-0.15, -0.1) is 0 Å². The molecule has 0 saturated carbocycles. The van der Waals surface area contributed by atoms with Crippen LogP contribution in [0.1, 0.15) is 66.2 Å². The molecule has 6 nitrogen and oxygen atoms in total. The minimum absolute atomic E-state index is 0.0456. The van der Waals surface area contributed by atoms with Gasteiger partial charge in [0.1, 0.15) is 11.2 Å². The van der Waals surface area contributed by atoms with Crippen LogP contribution in [0.2, 0.25) is 0 Å². The largest absolute Gasteiger partial charge is 0.460 e. The fourth-order valence-corrected chi connectivity index (χ4v) is 2.51. The van der Waals surface area contributed by atoms with Gasteiger partial charge in [-0.05, 0) is 53.4 Å². The molecule has 0 aromatic carbocycles. The van der Waals surface area contributed by atoms with Crippen LogP contribution >= 0.6 is 0 Å². The van der Waals surface area contributed by atoms with E-state index < -0.39 is 11.2 Å². The summed E-state index contributed by atoms with van der Waals surface area (Å²) in [5, 5.41) is 0. The molecule has 0 bridgehead atoms. The van der Waals surface area contributed by atoms with Gasteiger partial charge >= 0.3 is 11.9 Å². The van der Waals surface area contributed by atoms with Crippen molar-refractivity contribution < 1.29 is 28.5 Å². The Morgan fingerprint density at radius 3 is 1.46 bits per heavy atom. The lowest BCUT2D eigenvalue weighted by Crippen LogP contribution is -2.30. The summed E-state index contributed by atoms with van der Waals surface area (Å²) < 4.78 is 21.3. The van der Waals surface area contributed by atoms with Crippen LogP contribution in [0.3, 0.4) is 0 Å². The normalized spacial score (nSPS) is 22.8. The maximum atomic E-state index is 11.9. The smallest absolute Gasteiger partial charge is 0.306 e. The van der Waals surface area contributed by atoms with Gasteiger partial charge in [0.25, 0.3) is 0 Å². The summed E-state index contributed by atoms with van der Waals surface area (Å²) in [7, 11) is 0. The zero-order chi connectivity index (χ0) is 17.8. The van der Waals surface area contributed by atoms with Crippen LogP contribution in [0.4, 0.5) is 0 Å². The van der Waals surface area contributed by atoms with E-state index in [1.165, 1.54) is 0 Å². The van der Waals surface area contributed by atoms with Crippen molar-refractivity contribution in [1.82, 2.24) is 0 Å². The first-order chi connectivity index (χ1) is 11.2. The Kier molecular flexibility index (Phi) is 6.26. The average Bonchev–Trinajstić information content (AvgIpc) is 3.35. The summed E-state index contributed by atoms with van der Waals surface area (Å²) in [5.74, 6) is -0.726. The van der Waals surface area contributed by atoms with E-state index in [-0.39, 0.29) is 24.8 Å². The van der Waals surface area contributed by atoms with Crippen molar-refractivity contribution in [2.45, 2.75) is 89.6 Å². The topological polar surface area (TPSA) is 77.7 Å². The molecule has 0 radical (unpaired) electrons. The Bertz CT molecular complexity index is 406. The predicted molar refractivity (Wildman–Crippen MR) is 87.5 cm³/mol. The molecule has 0 spiro atoms. The van der Waals surface area contributed by atoms with E-state index in [2.05, 4.69) is 0 Å². The molecule has 2 rings (SSSR count). The van der Waals surface area contributed by atoms with Gasteiger partial charge < -0.3 is 18.9 Å². The van der Waals surface area contributed by atoms with Gasteiger partial charge in [-0.25, -0.2) is 0 Å². The molecule has 2 saturated heterocycles. The number of carbonyl (C=O) groups is 2. The molecule has 0 aromatic heterocycles. The molecule has 0 aromatic rings. The molecule has 2 heterocycles. The van der Waals surface area contributed by atoms with Gasteiger partial charge in [-0.2, -0.15) is 0 Å². The van der Waals surface area contributed by atoms with Crippen molar-refractivity contribution in [3.63, 3.8) is 0 Å². The first-order valence-electron chi connectivity index (χ1n) is 8.82. The molecule has 0 aliphatic carbocycles. The third-order valence-corrected chi connectivity index (χ3v) is 4.25. The first-order valence-corrected chi connectivity index (χ1v) is 8.82. The molecule has 2 unspecified atom stereocenters. The standard InChI is InChI=1S/C18H30O6/c1-17(2,9-7-13-11-21-13)23-15(19)5-6-16(20)24-18(3,4)10-8-14-12-22-14/h13-14H,5-12H2,1-4H3. The number of epoxide rings is 2. The van der Waals surface area contributed by atoms with Gasteiger partial charge in [0.15, 0.2) is 0 Å². The van der Waals surface area contributed by atoms with Crippen LogP contribution in [0, 0.1) is 0 Å². The Labute approximate surface area is 144 Å². The summed E-state index contributed by atoms with van der Waals surface area (Å²) in [6, 6.07) is 0. The monoisotopic (exact) mass is 342 g/mol. The molecular formula is C18H30O6. The summed E-state index contributed by atoms with van der Waals surface area (Å²) >= 11 is 0. The van der Waals surface area contributed by atoms with Crippen LogP contribution in [0.15, 0.2) is 0 Å². The third-order valence-electron chi connectivity index (χ3n) is 4.25. The van der Waals surface area contributed by atoms with Crippen molar-refractivity contribution >= 4 is 11.9 Å². The molecular weight excluding hydrogens is 312 g/mol. The van der Waals surface area contributed by atoms with Crippen LogP contribution < -0.4 is 0 Å². The zero-order valence-corrected chi connectivity index (χ0v) is 15.3. The lowest BCUT2D eigenvalue weighted by atomic mass is 10.0. The zero-order valence-electron chi connectivity index (χ0n) is 15.3. The number of hydrogen-bond donors (Lipinski definition) is 0. The Morgan fingerprint density at radius 2 is 1.17 bits per heavy atom. The van der Waals surface area contributed by atoms with Crippen molar-refractivity contribution in [2.24, 2.45) is 0 Å². The highest BCUT2D eigenvalue weighted by Gasteiger charge is 2.31. The summed E-state index contributed by atoms with van der Waals surface area (Å²) in [5.41, 5.74) is -1.06. The molecule has 138 valence electrons. The minimum Gasteiger partial charge on any atom is -0.460 e. The highest BCUT2D eigenvalue weighted by atomic mass is 16.6. The van der Waals surface area contributed by atoms with Crippen LogP contribution in [0.5, 0.6) is 0 Å². The van der Waals surface area contributed by atoms with Crippen molar-refractivity contribution in [2.75, 3.05) is 13.2 Å². The highest BCUT2D eigenvalue weighted by molar-refractivity contribution is 5.78. The quantitative estimate of drug-likeness (QED) is 0.424. The van der Waals surface area contributed by atoms with E-state index in [0.29, 0.717) is 12.2 Å². The molecule has 24 heavy (non-hydrogen) atoms. The second kappa shape index (κ2) is 7.83. The predicted octanol–water partition coefficient (Wildman–Crippen LogP) is 2.77. The summed E-state index contributed by atoms with van der Waals surface area (Å²) in [4.78, 5) is 23.9. The maximum Gasteiger partial charge on any atom is 0.306 e. The lowest BCUT2D eigenvalue weighted by Gasteiger charge is -2.26. The van der Waals surface area contributed by atoms with E-state index in [4.69, 9.17) is 18.9 Å². The van der Waals surface area contributed by atoms with Crippen LogP contribution in [0.25, 0.3) is 0 Å². The fourth-order valence-electron chi connectivity index (χ4n) is 2.51. The number of hydrogen-bond acceptors (Lipinski definition) is 6. The van der Waals surface area contributed by atoms with Gasteiger partial charge in [-0.3, -0.25) is 9.59 Å². The van der Waals surface area contributed by atoms with Gasteiger partial charge in [0, 0.05) is 0 Å². The molecule has 0 amide bonds. The first kappa shape index (κ1) is 19.2. The van der Waals surface area contributed by atoms with E-state index in [0.717, 1.165) is 38.9 Å². The Balaban J connectivity index is 1.61. The molecule has 2 atom stereocenters. The molecule has 2 aliphatic heterocycles. The van der Waals surface area contributed by atoms with Crippen molar-refractivity contribution in [3.05, 3.63) is 0 Å². The van der Waals surface area contributed by atoms with Crippen LogP contribution in [-0.4, -0.2) is 48.6 Å². The molecule has 0 N–H and O–H groups in total. The third kappa shape index (κ3) is 8.11. The van der Waals surface area contributed by atoms with E-state index in [1.807, 2.05) is 27.7 Å².